The maximum Gasteiger partial charge on any atom is 0.0587 e. The summed E-state index contributed by atoms with van der Waals surface area (Å²) in [4.78, 5) is 0. The van der Waals surface area contributed by atoms with E-state index in [2.05, 4.69) is 24.4 Å². The maximum atomic E-state index is 9.38. The molecule has 0 aromatic heterocycles. The monoisotopic (exact) mass is 219 g/mol. The van der Waals surface area contributed by atoms with Crippen LogP contribution in [-0.4, -0.2) is 23.8 Å². The van der Waals surface area contributed by atoms with E-state index in [0.29, 0.717) is 6.04 Å². The third-order valence-electron chi connectivity index (χ3n) is 3.37. The topological polar surface area (TPSA) is 32.3 Å². The highest BCUT2D eigenvalue weighted by Gasteiger charge is 2.29. The Morgan fingerprint density at radius 1 is 1.31 bits per heavy atom. The Morgan fingerprint density at radius 3 is 2.56 bits per heavy atom. The van der Waals surface area contributed by atoms with Gasteiger partial charge in [-0.15, -0.1) is 0 Å². The number of benzene rings is 1. The van der Waals surface area contributed by atoms with Gasteiger partial charge in [-0.05, 0) is 37.7 Å². The molecule has 1 unspecified atom stereocenters. The first kappa shape index (κ1) is 11.6. The number of aliphatic hydroxyl groups excluding tert-OH is 1. The minimum Gasteiger partial charge on any atom is -0.395 e. The van der Waals surface area contributed by atoms with Gasteiger partial charge in [0.2, 0.25) is 0 Å². The van der Waals surface area contributed by atoms with Crippen LogP contribution in [-0.2, 0) is 6.42 Å². The number of rotatable bonds is 6. The molecular weight excluding hydrogens is 198 g/mol. The Kier molecular flexibility index (Phi) is 3.97. The lowest BCUT2D eigenvalue weighted by Gasteiger charge is -2.21. The molecule has 0 saturated heterocycles. The molecule has 1 aromatic carbocycles. The van der Waals surface area contributed by atoms with Gasteiger partial charge in [-0.2, -0.15) is 0 Å². The summed E-state index contributed by atoms with van der Waals surface area (Å²) in [5.74, 6) is 0.838. The number of hydrogen-bond acceptors (Lipinski definition) is 2. The van der Waals surface area contributed by atoms with Crippen LogP contribution in [0.15, 0.2) is 30.3 Å². The van der Waals surface area contributed by atoms with Crippen LogP contribution in [0.2, 0.25) is 0 Å². The van der Waals surface area contributed by atoms with Crippen molar-refractivity contribution in [2.75, 3.05) is 6.61 Å². The van der Waals surface area contributed by atoms with Gasteiger partial charge in [0, 0.05) is 12.1 Å². The molecule has 2 nitrogen and oxygen atoms in total. The SMILES string of the molecule is CC(N[C@@H](CO)Cc1ccccc1)C1CC1. The van der Waals surface area contributed by atoms with Crippen LogP contribution in [0.4, 0.5) is 0 Å². The molecule has 2 rings (SSSR count). The maximum absolute atomic E-state index is 9.38. The average Bonchev–Trinajstić information content (AvgIpc) is 3.13. The van der Waals surface area contributed by atoms with E-state index < -0.39 is 0 Å². The summed E-state index contributed by atoms with van der Waals surface area (Å²) < 4.78 is 0. The first-order valence-electron chi connectivity index (χ1n) is 6.20. The quantitative estimate of drug-likeness (QED) is 0.767. The van der Waals surface area contributed by atoms with Gasteiger partial charge in [0.25, 0.3) is 0 Å². The fraction of sp³-hybridized carbons (Fsp3) is 0.571. The Morgan fingerprint density at radius 2 is 2.00 bits per heavy atom. The molecule has 1 saturated carbocycles. The van der Waals surface area contributed by atoms with Crippen LogP contribution in [0.5, 0.6) is 0 Å². The van der Waals surface area contributed by atoms with E-state index in [1.54, 1.807) is 0 Å². The first-order valence-corrected chi connectivity index (χ1v) is 6.20. The highest BCUT2D eigenvalue weighted by molar-refractivity contribution is 5.16. The summed E-state index contributed by atoms with van der Waals surface area (Å²) in [5.41, 5.74) is 1.29. The predicted octanol–water partition coefficient (Wildman–Crippen LogP) is 1.98. The van der Waals surface area contributed by atoms with Crippen molar-refractivity contribution >= 4 is 0 Å². The Hall–Kier alpha value is -0.860. The molecule has 0 amide bonds. The molecule has 1 aromatic rings. The van der Waals surface area contributed by atoms with Gasteiger partial charge in [-0.25, -0.2) is 0 Å². The van der Waals surface area contributed by atoms with Crippen LogP contribution < -0.4 is 5.32 Å². The third kappa shape index (κ3) is 3.32. The molecule has 0 bridgehead atoms. The second kappa shape index (κ2) is 5.46. The molecule has 2 N–H and O–H groups in total. The van der Waals surface area contributed by atoms with Crippen LogP contribution in [0.3, 0.4) is 0 Å². The molecule has 0 aliphatic heterocycles. The number of hydrogen-bond donors (Lipinski definition) is 2. The van der Waals surface area contributed by atoms with E-state index in [1.165, 1.54) is 18.4 Å². The summed E-state index contributed by atoms with van der Waals surface area (Å²) in [5, 5.41) is 12.9. The van der Waals surface area contributed by atoms with E-state index in [1.807, 2.05) is 18.2 Å². The van der Waals surface area contributed by atoms with Gasteiger partial charge in [-0.3, -0.25) is 0 Å². The minimum absolute atomic E-state index is 0.193. The minimum atomic E-state index is 0.193. The van der Waals surface area contributed by atoms with Crippen molar-refractivity contribution in [3.8, 4) is 0 Å². The van der Waals surface area contributed by atoms with Crippen molar-refractivity contribution in [2.24, 2.45) is 5.92 Å². The van der Waals surface area contributed by atoms with Crippen LogP contribution >= 0.6 is 0 Å². The molecule has 0 radical (unpaired) electrons. The predicted molar refractivity (Wildman–Crippen MR) is 66.3 cm³/mol. The Balaban J connectivity index is 1.85. The zero-order valence-corrected chi connectivity index (χ0v) is 9.89. The second-order valence-electron chi connectivity index (χ2n) is 4.86. The lowest BCUT2D eigenvalue weighted by atomic mass is 10.0. The van der Waals surface area contributed by atoms with E-state index >= 15 is 0 Å². The van der Waals surface area contributed by atoms with Gasteiger partial charge in [0.05, 0.1) is 6.61 Å². The normalized spacial score (nSPS) is 19.4. The largest absolute Gasteiger partial charge is 0.395 e. The zero-order chi connectivity index (χ0) is 11.4. The lowest BCUT2D eigenvalue weighted by molar-refractivity contribution is 0.228. The summed E-state index contributed by atoms with van der Waals surface area (Å²) in [6.45, 7) is 2.44. The summed E-state index contributed by atoms with van der Waals surface area (Å²) >= 11 is 0. The van der Waals surface area contributed by atoms with Crippen molar-refractivity contribution in [3.05, 3.63) is 35.9 Å². The third-order valence-corrected chi connectivity index (χ3v) is 3.37. The highest BCUT2D eigenvalue weighted by Crippen LogP contribution is 2.32. The van der Waals surface area contributed by atoms with E-state index in [0.717, 1.165) is 12.3 Å². The number of nitrogens with one attached hydrogen (secondary N) is 1. The van der Waals surface area contributed by atoms with Crippen LogP contribution in [0.25, 0.3) is 0 Å². The molecule has 88 valence electrons. The molecule has 0 heterocycles. The van der Waals surface area contributed by atoms with Crippen LogP contribution in [0.1, 0.15) is 25.3 Å². The standard InChI is InChI=1S/C14H21NO/c1-11(13-7-8-13)15-14(10-16)9-12-5-3-2-4-6-12/h2-6,11,13-16H,7-10H2,1H3/t11?,14-/m1/s1. The number of aliphatic hydroxyl groups is 1. The summed E-state index contributed by atoms with van der Waals surface area (Å²) in [6, 6.07) is 11.1. The molecule has 1 aliphatic rings. The van der Waals surface area contributed by atoms with Gasteiger partial charge in [0.1, 0.15) is 0 Å². The van der Waals surface area contributed by atoms with Crippen molar-refractivity contribution in [1.29, 1.82) is 0 Å². The fourth-order valence-corrected chi connectivity index (χ4v) is 2.18. The van der Waals surface area contributed by atoms with Crippen molar-refractivity contribution < 1.29 is 5.11 Å². The molecule has 1 aliphatic carbocycles. The lowest BCUT2D eigenvalue weighted by Crippen LogP contribution is -2.41. The van der Waals surface area contributed by atoms with Crippen molar-refractivity contribution in [1.82, 2.24) is 5.32 Å². The van der Waals surface area contributed by atoms with E-state index in [9.17, 15) is 5.11 Å². The molecule has 16 heavy (non-hydrogen) atoms. The Labute approximate surface area is 97.7 Å². The average molecular weight is 219 g/mol. The Bertz CT molecular complexity index is 308. The molecule has 1 fully saturated rings. The van der Waals surface area contributed by atoms with Crippen molar-refractivity contribution in [2.45, 2.75) is 38.3 Å². The van der Waals surface area contributed by atoms with E-state index in [4.69, 9.17) is 0 Å². The van der Waals surface area contributed by atoms with Gasteiger partial charge < -0.3 is 10.4 Å². The zero-order valence-electron chi connectivity index (χ0n) is 9.89. The van der Waals surface area contributed by atoms with E-state index in [-0.39, 0.29) is 12.6 Å². The molecular formula is C14H21NO. The fourth-order valence-electron chi connectivity index (χ4n) is 2.18. The first-order chi connectivity index (χ1) is 7.79. The van der Waals surface area contributed by atoms with Gasteiger partial charge in [-0.1, -0.05) is 30.3 Å². The molecule has 2 atom stereocenters. The molecule has 2 heteroatoms. The second-order valence-corrected chi connectivity index (χ2v) is 4.86. The van der Waals surface area contributed by atoms with Crippen LogP contribution in [0, 0.1) is 5.92 Å². The van der Waals surface area contributed by atoms with Gasteiger partial charge >= 0.3 is 0 Å². The van der Waals surface area contributed by atoms with Crippen molar-refractivity contribution in [3.63, 3.8) is 0 Å². The summed E-state index contributed by atoms with van der Waals surface area (Å²) in [7, 11) is 0. The summed E-state index contributed by atoms with van der Waals surface area (Å²) in [6.07, 6.45) is 3.60. The smallest absolute Gasteiger partial charge is 0.0587 e. The van der Waals surface area contributed by atoms with Gasteiger partial charge in [0.15, 0.2) is 0 Å². The molecule has 0 spiro atoms. The highest BCUT2D eigenvalue weighted by atomic mass is 16.3.